The average Bonchev–Trinajstić information content (AvgIpc) is 3.06. The van der Waals surface area contributed by atoms with Gasteiger partial charge in [-0.15, -0.1) is 0 Å². The van der Waals surface area contributed by atoms with Gasteiger partial charge >= 0.3 is 0 Å². The first-order valence-electron chi connectivity index (χ1n) is 5.85. The van der Waals surface area contributed by atoms with Crippen LogP contribution in [0.1, 0.15) is 26.2 Å². The predicted octanol–water partition coefficient (Wildman–Crippen LogP) is 0.346. The Kier molecular flexibility index (Phi) is 5.58. The Bertz CT molecular complexity index is 230. The lowest BCUT2D eigenvalue weighted by Crippen LogP contribution is -2.53. The lowest BCUT2D eigenvalue weighted by atomic mass is 9.96. The first-order chi connectivity index (χ1) is 7.59. The number of amides is 1. The zero-order valence-corrected chi connectivity index (χ0v) is 10.7. The van der Waals surface area contributed by atoms with Crippen molar-refractivity contribution in [3.05, 3.63) is 0 Å². The summed E-state index contributed by atoms with van der Waals surface area (Å²) in [5, 5.41) is 11.5. The number of rotatable bonds is 8. The van der Waals surface area contributed by atoms with Crippen LogP contribution in [-0.4, -0.2) is 41.2 Å². The van der Waals surface area contributed by atoms with Gasteiger partial charge in [0, 0.05) is 18.9 Å². The van der Waals surface area contributed by atoms with Crippen LogP contribution in [0.25, 0.3) is 0 Å². The van der Waals surface area contributed by atoms with E-state index in [-0.39, 0.29) is 12.5 Å². The molecule has 0 radical (unpaired) electrons. The molecule has 4 nitrogen and oxygen atoms in total. The van der Waals surface area contributed by atoms with Crippen LogP contribution in [-0.2, 0) is 4.79 Å². The van der Waals surface area contributed by atoms with Crippen molar-refractivity contribution < 1.29 is 9.90 Å². The van der Waals surface area contributed by atoms with Gasteiger partial charge in [-0.2, -0.15) is 11.8 Å². The average molecular weight is 246 g/mol. The summed E-state index contributed by atoms with van der Waals surface area (Å²) in [4.78, 5) is 11.7. The fourth-order valence-corrected chi connectivity index (χ4v) is 2.35. The molecule has 0 bridgehead atoms. The molecule has 94 valence electrons. The lowest BCUT2D eigenvalue weighted by Gasteiger charge is -2.23. The molecule has 0 spiro atoms. The highest BCUT2D eigenvalue weighted by molar-refractivity contribution is 7.99. The third kappa shape index (κ3) is 4.31. The van der Waals surface area contributed by atoms with Crippen molar-refractivity contribution in [2.24, 2.45) is 11.7 Å². The van der Waals surface area contributed by atoms with Crippen LogP contribution in [0.2, 0.25) is 0 Å². The fourth-order valence-electron chi connectivity index (χ4n) is 1.56. The van der Waals surface area contributed by atoms with E-state index in [0.717, 1.165) is 30.8 Å². The number of aliphatic hydroxyl groups is 1. The van der Waals surface area contributed by atoms with Gasteiger partial charge in [-0.05, 0) is 37.9 Å². The molecular formula is C11H22N2O2S. The molecule has 0 heterocycles. The summed E-state index contributed by atoms with van der Waals surface area (Å²) < 4.78 is 0. The summed E-state index contributed by atoms with van der Waals surface area (Å²) in [6, 6.07) is 0. The summed E-state index contributed by atoms with van der Waals surface area (Å²) in [6.45, 7) is 2.72. The van der Waals surface area contributed by atoms with E-state index in [1.165, 1.54) is 0 Å². The van der Waals surface area contributed by atoms with Crippen LogP contribution in [0.5, 0.6) is 0 Å². The van der Waals surface area contributed by atoms with Crippen molar-refractivity contribution in [3.63, 3.8) is 0 Å². The second-order valence-corrected chi connectivity index (χ2v) is 5.73. The van der Waals surface area contributed by atoms with Gasteiger partial charge in [-0.25, -0.2) is 0 Å². The van der Waals surface area contributed by atoms with Crippen molar-refractivity contribution in [2.45, 2.75) is 31.7 Å². The van der Waals surface area contributed by atoms with Crippen LogP contribution >= 0.6 is 11.8 Å². The van der Waals surface area contributed by atoms with E-state index in [4.69, 9.17) is 10.8 Å². The summed E-state index contributed by atoms with van der Waals surface area (Å²) in [6.07, 6.45) is 2.96. The van der Waals surface area contributed by atoms with E-state index in [9.17, 15) is 4.79 Å². The molecule has 0 aromatic carbocycles. The second kappa shape index (κ2) is 6.47. The standard InChI is InChI=1S/C11H22N2O2S/c1-11(12,9-3-4-9)10(15)13-5-8-16-7-2-6-14/h9,14H,2-8,12H2,1H3,(H,13,15). The molecule has 0 saturated heterocycles. The van der Waals surface area contributed by atoms with Gasteiger partial charge in [0.2, 0.25) is 5.91 Å². The Morgan fingerprint density at radius 2 is 2.25 bits per heavy atom. The Morgan fingerprint density at radius 1 is 1.56 bits per heavy atom. The smallest absolute Gasteiger partial charge is 0.240 e. The van der Waals surface area contributed by atoms with Crippen molar-refractivity contribution in [1.29, 1.82) is 0 Å². The molecule has 0 aromatic heterocycles. The normalized spacial score (nSPS) is 19.2. The minimum atomic E-state index is -0.685. The van der Waals surface area contributed by atoms with Crippen LogP contribution in [0, 0.1) is 5.92 Å². The minimum Gasteiger partial charge on any atom is -0.396 e. The van der Waals surface area contributed by atoms with E-state index < -0.39 is 5.54 Å². The van der Waals surface area contributed by atoms with Gasteiger partial charge in [0.05, 0.1) is 5.54 Å². The van der Waals surface area contributed by atoms with E-state index in [1.807, 2.05) is 6.92 Å². The van der Waals surface area contributed by atoms with Gasteiger partial charge in [0.25, 0.3) is 0 Å². The van der Waals surface area contributed by atoms with Gasteiger partial charge < -0.3 is 16.2 Å². The largest absolute Gasteiger partial charge is 0.396 e. The first kappa shape index (κ1) is 13.8. The molecule has 1 aliphatic rings. The maximum Gasteiger partial charge on any atom is 0.240 e. The van der Waals surface area contributed by atoms with Gasteiger partial charge in [0.15, 0.2) is 0 Å². The van der Waals surface area contributed by atoms with Crippen molar-refractivity contribution in [3.8, 4) is 0 Å². The van der Waals surface area contributed by atoms with Gasteiger partial charge in [-0.3, -0.25) is 4.79 Å². The number of carbonyl (C=O) groups is 1. The number of carbonyl (C=O) groups excluding carboxylic acids is 1. The zero-order chi connectivity index (χ0) is 12.0. The van der Waals surface area contributed by atoms with Gasteiger partial charge in [0.1, 0.15) is 0 Å². The highest BCUT2D eigenvalue weighted by Crippen LogP contribution is 2.37. The molecule has 1 amide bonds. The third-order valence-corrected chi connectivity index (χ3v) is 3.96. The van der Waals surface area contributed by atoms with Crippen molar-refractivity contribution >= 4 is 17.7 Å². The SMILES string of the molecule is CC(N)(C(=O)NCCSCCCO)C1CC1. The number of nitrogens with two attached hydrogens (primary N) is 1. The van der Waals surface area contributed by atoms with Crippen molar-refractivity contribution in [1.82, 2.24) is 5.32 Å². The minimum absolute atomic E-state index is 0.0299. The predicted molar refractivity (Wildman–Crippen MR) is 67.4 cm³/mol. The Morgan fingerprint density at radius 3 is 2.81 bits per heavy atom. The highest BCUT2D eigenvalue weighted by Gasteiger charge is 2.43. The zero-order valence-electron chi connectivity index (χ0n) is 9.87. The molecule has 4 N–H and O–H groups in total. The number of aliphatic hydroxyl groups excluding tert-OH is 1. The highest BCUT2D eigenvalue weighted by atomic mass is 32.2. The molecule has 0 aliphatic heterocycles. The van der Waals surface area contributed by atoms with Gasteiger partial charge in [-0.1, -0.05) is 0 Å². The first-order valence-corrected chi connectivity index (χ1v) is 7.00. The third-order valence-electron chi connectivity index (χ3n) is 2.89. The molecule has 0 aromatic rings. The quantitative estimate of drug-likeness (QED) is 0.540. The number of thioether (sulfide) groups is 1. The van der Waals surface area contributed by atoms with Crippen LogP contribution in [0.3, 0.4) is 0 Å². The maximum atomic E-state index is 11.7. The molecule has 1 fully saturated rings. The van der Waals surface area contributed by atoms with Crippen LogP contribution in [0.15, 0.2) is 0 Å². The Labute approximate surface area is 101 Å². The fraction of sp³-hybridized carbons (Fsp3) is 0.909. The summed E-state index contributed by atoms with van der Waals surface area (Å²) in [7, 11) is 0. The second-order valence-electron chi connectivity index (χ2n) is 4.50. The van der Waals surface area contributed by atoms with E-state index in [0.29, 0.717) is 12.5 Å². The Hall–Kier alpha value is -0.260. The molecule has 1 atom stereocenters. The summed E-state index contributed by atoms with van der Waals surface area (Å²) >= 11 is 1.74. The molecule has 1 unspecified atom stereocenters. The molecular weight excluding hydrogens is 224 g/mol. The van der Waals surface area contributed by atoms with Crippen molar-refractivity contribution in [2.75, 3.05) is 24.7 Å². The molecule has 16 heavy (non-hydrogen) atoms. The lowest BCUT2D eigenvalue weighted by molar-refractivity contribution is -0.126. The molecule has 1 aliphatic carbocycles. The maximum absolute atomic E-state index is 11.7. The molecule has 5 heteroatoms. The number of hydrogen-bond donors (Lipinski definition) is 3. The summed E-state index contributed by atoms with van der Waals surface area (Å²) in [5.74, 6) is 2.16. The Balaban J connectivity index is 2.06. The van der Waals surface area contributed by atoms with Crippen LogP contribution < -0.4 is 11.1 Å². The number of nitrogens with one attached hydrogen (secondary N) is 1. The topological polar surface area (TPSA) is 75.4 Å². The summed E-state index contributed by atoms with van der Waals surface area (Å²) in [5.41, 5.74) is 5.29. The van der Waals surface area contributed by atoms with E-state index >= 15 is 0 Å². The molecule has 1 saturated carbocycles. The van der Waals surface area contributed by atoms with E-state index in [2.05, 4.69) is 5.32 Å². The monoisotopic (exact) mass is 246 g/mol. The molecule has 1 rings (SSSR count). The van der Waals surface area contributed by atoms with E-state index in [1.54, 1.807) is 11.8 Å². The van der Waals surface area contributed by atoms with Crippen LogP contribution in [0.4, 0.5) is 0 Å². The number of hydrogen-bond acceptors (Lipinski definition) is 4.